The Morgan fingerprint density at radius 2 is 1.90 bits per heavy atom. The zero-order valence-electron chi connectivity index (χ0n) is 14.5. The Kier molecular flexibility index (Phi) is 4.67. The highest BCUT2D eigenvalue weighted by molar-refractivity contribution is 5.40. The summed E-state index contributed by atoms with van der Waals surface area (Å²) in [6.07, 6.45) is 3.73. The van der Waals surface area contributed by atoms with Crippen molar-refractivity contribution in [2.45, 2.75) is 72.4 Å². The molecule has 118 valence electrons. The molecule has 1 unspecified atom stereocenters. The van der Waals surface area contributed by atoms with Crippen molar-refractivity contribution in [1.82, 2.24) is 5.32 Å². The molecule has 0 radical (unpaired) electrons. The van der Waals surface area contributed by atoms with E-state index in [1.807, 2.05) is 0 Å². The van der Waals surface area contributed by atoms with Gasteiger partial charge in [-0.3, -0.25) is 0 Å². The van der Waals surface area contributed by atoms with Crippen LogP contribution in [0.1, 0.15) is 59.1 Å². The van der Waals surface area contributed by atoms with E-state index in [1.54, 1.807) is 0 Å². The summed E-state index contributed by atoms with van der Waals surface area (Å²) in [6, 6.07) is 6.71. The van der Waals surface area contributed by atoms with E-state index in [4.69, 9.17) is 4.74 Å². The summed E-state index contributed by atoms with van der Waals surface area (Å²) in [5.41, 5.74) is 3.33. The molecule has 0 aromatic heterocycles. The van der Waals surface area contributed by atoms with E-state index in [1.165, 1.54) is 17.5 Å². The summed E-state index contributed by atoms with van der Waals surface area (Å²) in [7, 11) is 0. The first kappa shape index (κ1) is 16.4. The molecule has 0 saturated carbocycles. The van der Waals surface area contributed by atoms with Gasteiger partial charge in [-0.05, 0) is 63.1 Å². The molecule has 0 aliphatic carbocycles. The Balaban J connectivity index is 1.89. The van der Waals surface area contributed by atoms with Gasteiger partial charge in [0.25, 0.3) is 0 Å². The second kappa shape index (κ2) is 6.00. The molecule has 2 heteroatoms. The normalized spacial score (nSPS) is 18.5. The highest BCUT2D eigenvalue weighted by atomic mass is 16.5. The van der Waals surface area contributed by atoms with Gasteiger partial charge in [-0.2, -0.15) is 0 Å². The first-order valence-corrected chi connectivity index (χ1v) is 8.18. The highest BCUT2D eigenvalue weighted by Crippen LogP contribution is 2.31. The number of rotatable bonds is 5. The van der Waals surface area contributed by atoms with E-state index < -0.39 is 0 Å². The van der Waals surface area contributed by atoms with Crippen molar-refractivity contribution in [1.29, 1.82) is 0 Å². The number of aryl methyl sites for hydroxylation is 1. The van der Waals surface area contributed by atoms with Crippen LogP contribution in [0, 0.1) is 5.41 Å². The van der Waals surface area contributed by atoms with Crippen molar-refractivity contribution < 1.29 is 4.74 Å². The third-order valence-corrected chi connectivity index (χ3v) is 4.15. The molecule has 1 aliphatic heterocycles. The predicted octanol–water partition coefficient (Wildman–Crippen LogP) is 4.36. The number of nitrogens with one attached hydrogen (secondary N) is 1. The van der Waals surface area contributed by atoms with Crippen molar-refractivity contribution in [2.75, 3.05) is 6.54 Å². The molecule has 0 fully saturated rings. The van der Waals surface area contributed by atoms with Gasteiger partial charge in [0, 0.05) is 18.5 Å². The third-order valence-electron chi connectivity index (χ3n) is 4.15. The summed E-state index contributed by atoms with van der Waals surface area (Å²) in [4.78, 5) is 0. The van der Waals surface area contributed by atoms with Crippen LogP contribution in [-0.4, -0.2) is 18.2 Å². The Labute approximate surface area is 130 Å². The summed E-state index contributed by atoms with van der Waals surface area (Å²) >= 11 is 0. The molecule has 0 bridgehead atoms. The van der Waals surface area contributed by atoms with E-state index in [-0.39, 0.29) is 5.54 Å². The molecule has 2 rings (SSSR count). The van der Waals surface area contributed by atoms with Gasteiger partial charge in [-0.15, -0.1) is 0 Å². The molecular weight excluding hydrogens is 258 g/mol. The molecule has 21 heavy (non-hydrogen) atoms. The van der Waals surface area contributed by atoms with Gasteiger partial charge < -0.3 is 10.1 Å². The van der Waals surface area contributed by atoms with Gasteiger partial charge >= 0.3 is 0 Å². The Bertz CT molecular complexity index is 485. The van der Waals surface area contributed by atoms with Crippen LogP contribution in [0.2, 0.25) is 0 Å². The van der Waals surface area contributed by atoms with Gasteiger partial charge in [0.15, 0.2) is 0 Å². The molecule has 1 atom stereocenters. The molecule has 1 heterocycles. The Morgan fingerprint density at radius 1 is 1.19 bits per heavy atom. The lowest BCUT2D eigenvalue weighted by Gasteiger charge is -2.30. The van der Waals surface area contributed by atoms with E-state index in [0.717, 1.165) is 25.1 Å². The lowest BCUT2D eigenvalue weighted by Crippen LogP contribution is -2.42. The van der Waals surface area contributed by atoms with Gasteiger partial charge in [-0.1, -0.05) is 26.0 Å². The number of hydrogen-bond acceptors (Lipinski definition) is 2. The maximum atomic E-state index is 5.77. The van der Waals surface area contributed by atoms with Crippen LogP contribution in [-0.2, 0) is 12.8 Å². The first-order chi connectivity index (χ1) is 9.65. The average Bonchev–Trinajstić information content (AvgIpc) is 2.73. The van der Waals surface area contributed by atoms with Gasteiger partial charge in [-0.25, -0.2) is 0 Å². The van der Waals surface area contributed by atoms with Crippen molar-refractivity contribution in [3.63, 3.8) is 0 Å². The fourth-order valence-electron chi connectivity index (χ4n) is 2.71. The van der Waals surface area contributed by atoms with Crippen LogP contribution in [0.5, 0.6) is 5.75 Å². The van der Waals surface area contributed by atoms with Crippen LogP contribution in [0.25, 0.3) is 0 Å². The van der Waals surface area contributed by atoms with Crippen molar-refractivity contribution >= 4 is 0 Å². The maximum absolute atomic E-state index is 5.77. The number of hydrogen-bond donors (Lipinski definition) is 1. The summed E-state index contributed by atoms with van der Waals surface area (Å²) in [5, 5.41) is 3.63. The second-order valence-electron chi connectivity index (χ2n) is 8.34. The molecule has 0 spiro atoms. The predicted molar refractivity (Wildman–Crippen MR) is 90.1 cm³/mol. The second-order valence-corrected chi connectivity index (χ2v) is 8.34. The largest absolute Gasteiger partial charge is 0.490 e. The molecule has 0 amide bonds. The fraction of sp³-hybridized carbons (Fsp3) is 0.684. The van der Waals surface area contributed by atoms with Crippen molar-refractivity contribution in [3.8, 4) is 5.75 Å². The summed E-state index contributed by atoms with van der Waals surface area (Å²) < 4.78 is 5.77. The lowest BCUT2D eigenvalue weighted by atomic mass is 9.85. The maximum Gasteiger partial charge on any atom is 0.123 e. The highest BCUT2D eigenvalue weighted by Gasteiger charge is 2.22. The average molecular weight is 289 g/mol. The standard InChI is InChI=1S/C19H31NO/c1-14-11-16-12-15(7-8-17(16)21-14)9-10-19(5,6)13-20-18(2,3)4/h7-8,12,14,20H,9-11,13H2,1-6H3. The SMILES string of the molecule is CC1Cc2cc(CCC(C)(C)CNC(C)(C)C)ccc2O1. The monoisotopic (exact) mass is 289 g/mol. The minimum absolute atomic E-state index is 0.193. The Morgan fingerprint density at radius 3 is 2.57 bits per heavy atom. The van der Waals surface area contributed by atoms with Crippen molar-refractivity contribution in [3.05, 3.63) is 29.3 Å². The first-order valence-electron chi connectivity index (χ1n) is 8.18. The molecule has 1 aromatic rings. The molecular formula is C19H31NO. The van der Waals surface area contributed by atoms with Gasteiger partial charge in [0.05, 0.1) is 0 Å². The topological polar surface area (TPSA) is 21.3 Å². The quantitative estimate of drug-likeness (QED) is 0.869. The number of ether oxygens (including phenoxy) is 1. The van der Waals surface area contributed by atoms with E-state index >= 15 is 0 Å². The molecule has 0 saturated heterocycles. The zero-order chi connectivity index (χ0) is 15.7. The van der Waals surface area contributed by atoms with Gasteiger partial charge in [0.1, 0.15) is 11.9 Å². The Hall–Kier alpha value is -1.02. The number of benzene rings is 1. The lowest BCUT2D eigenvalue weighted by molar-refractivity contribution is 0.254. The fourth-order valence-corrected chi connectivity index (χ4v) is 2.71. The zero-order valence-corrected chi connectivity index (χ0v) is 14.5. The van der Waals surface area contributed by atoms with E-state index in [2.05, 4.69) is 65.1 Å². The van der Waals surface area contributed by atoms with Crippen LogP contribution in [0.3, 0.4) is 0 Å². The summed E-state index contributed by atoms with van der Waals surface area (Å²) in [5.74, 6) is 1.08. The summed E-state index contributed by atoms with van der Waals surface area (Å²) in [6.45, 7) is 14.6. The third kappa shape index (κ3) is 5.03. The van der Waals surface area contributed by atoms with Crippen LogP contribution >= 0.6 is 0 Å². The molecule has 1 aromatic carbocycles. The van der Waals surface area contributed by atoms with E-state index in [0.29, 0.717) is 11.5 Å². The molecule has 1 aliphatic rings. The minimum Gasteiger partial charge on any atom is -0.490 e. The number of fused-ring (bicyclic) bond motifs is 1. The smallest absolute Gasteiger partial charge is 0.123 e. The van der Waals surface area contributed by atoms with Gasteiger partial charge in [0.2, 0.25) is 0 Å². The molecule has 2 nitrogen and oxygen atoms in total. The van der Waals surface area contributed by atoms with Crippen molar-refractivity contribution in [2.24, 2.45) is 5.41 Å². The van der Waals surface area contributed by atoms with Crippen LogP contribution in [0.15, 0.2) is 18.2 Å². The minimum atomic E-state index is 0.193. The molecule has 1 N–H and O–H groups in total. The van der Waals surface area contributed by atoms with E-state index in [9.17, 15) is 0 Å². The van der Waals surface area contributed by atoms with Crippen LogP contribution in [0.4, 0.5) is 0 Å². The van der Waals surface area contributed by atoms with Crippen LogP contribution < -0.4 is 10.1 Å².